The largest absolute Gasteiger partial charge is 0.480 e. The molecule has 0 aromatic heterocycles. The summed E-state index contributed by atoms with van der Waals surface area (Å²) < 4.78 is 5.03. The van der Waals surface area contributed by atoms with Crippen LogP contribution in [0.4, 0.5) is 4.79 Å². The molecule has 0 aliphatic rings. The number of aliphatic carboxylic acids is 1. The molecule has 1 amide bonds. The maximum absolute atomic E-state index is 11.2. The van der Waals surface area contributed by atoms with Crippen molar-refractivity contribution in [2.75, 3.05) is 6.54 Å². The summed E-state index contributed by atoms with van der Waals surface area (Å²) in [5.74, 6) is -1.10. The molecule has 7 heteroatoms. The third kappa shape index (κ3) is 8.77. The van der Waals surface area contributed by atoms with Crippen LogP contribution in [0, 0.1) is 0 Å². The Hall–Kier alpha value is -1.34. The third-order valence-electron chi connectivity index (χ3n) is 2.04. The quantitative estimate of drug-likeness (QED) is 0.404. The Balaban J connectivity index is 3.62. The van der Waals surface area contributed by atoms with E-state index in [0.29, 0.717) is 25.8 Å². The first-order valence-electron chi connectivity index (χ1n) is 5.85. The van der Waals surface area contributed by atoms with E-state index in [1.807, 2.05) is 0 Å². The summed E-state index contributed by atoms with van der Waals surface area (Å²) >= 11 is 0. The van der Waals surface area contributed by atoms with Crippen molar-refractivity contribution in [1.29, 1.82) is 0 Å². The van der Waals surface area contributed by atoms with Crippen LogP contribution in [0.1, 0.15) is 40.0 Å². The van der Waals surface area contributed by atoms with E-state index in [4.69, 9.17) is 15.1 Å². The lowest BCUT2D eigenvalue weighted by atomic mass is 10.1. The van der Waals surface area contributed by atoms with E-state index in [2.05, 4.69) is 5.32 Å². The highest BCUT2D eigenvalue weighted by Crippen LogP contribution is 2.06. The van der Waals surface area contributed by atoms with Crippen molar-refractivity contribution in [1.82, 2.24) is 10.8 Å². The van der Waals surface area contributed by atoms with Gasteiger partial charge in [-0.1, -0.05) is 0 Å². The van der Waals surface area contributed by atoms with Crippen molar-refractivity contribution in [2.45, 2.75) is 51.7 Å². The van der Waals surface area contributed by atoms with Gasteiger partial charge in [0.15, 0.2) is 0 Å². The van der Waals surface area contributed by atoms with Crippen LogP contribution in [0.15, 0.2) is 0 Å². The third-order valence-corrected chi connectivity index (χ3v) is 2.04. The number of carboxylic acid groups (broad SMARTS) is 1. The molecule has 0 aromatic carbocycles. The number of unbranched alkanes of at least 4 members (excludes halogenated alkanes) is 1. The maximum atomic E-state index is 11.2. The predicted molar refractivity (Wildman–Crippen MR) is 64.4 cm³/mol. The van der Waals surface area contributed by atoms with Crippen LogP contribution in [0.2, 0.25) is 0 Å². The maximum Gasteiger partial charge on any atom is 0.407 e. The molecule has 0 bridgehead atoms. The fraction of sp³-hybridized carbons (Fsp3) is 0.818. The van der Waals surface area contributed by atoms with Crippen LogP contribution in [0.5, 0.6) is 0 Å². The molecule has 0 radical (unpaired) electrons. The van der Waals surface area contributed by atoms with E-state index in [0.717, 1.165) is 0 Å². The number of hydroxylamine groups is 1. The van der Waals surface area contributed by atoms with Gasteiger partial charge in [-0.05, 0) is 40.0 Å². The van der Waals surface area contributed by atoms with Gasteiger partial charge >= 0.3 is 12.1 Å². The van der Waals surface area contributed by atoms with Gasteiger partial charge in [0.25, 0.3) is 0 Å². The first-order chi connectivity index (χ1) is 8.26. The van der Waals surface area contributed by atoms with Crippen molar-refractivity contribution in [2.24, 2.45) is 0 Å². The molecular formula is C11H22N2O5. The van der Waals surface area contributed by atoms with Crippen molar-refractivity contribution in [3.63, 3.8) is 0 Å². The van der Waals surface area contributed by atoms with Gasteiger partial charge in [-0.2, -0.15) is 5.48 Å². The molecule has 0 spiro atoms. The zero-order valence-corrected chi connectivity index (χ0v) is 11.0. The van der Waals surface area contributed by atoms with Crippen LogP contribution >= 0.6 is 0 Å². The highest BCUT2D eigenvalue weighted by atomic mass is 16.6. The van der Waals surface area contributed by atoms with Gasteiger partial charge in [0.1, 0.15) is 11.6 Å². The number of carbonyl (C=O) groups excluding carboxylic acids is 1. The summed E-state index contributed by atoms with van der Waals surface area (Å²) in [5.41, 5.74) is 1.19. The van der Waals surface area contributed by atoms with Crippen molar-refractivity contribution in [3.05, 3.63) is 0 Å². The number of alkyl carbamates (subject to hydrolysis) is 1. The molecule has 106 valence electrons. The Morgan fingerprint density at radius 2 is 1.89 bits per heavy atom. The molecule has 0 unspecified atom stereocenters. The monoisotopic (exact) mass is 262 g/mol. The van der Waals surface area contributed by atoms with Crippen LogP contribution in [-0.2, 0) is 9.53 Å². The van der Waals surface area contributed by atoms with E-state index >= 15 is 0 Å². The number of carbonyl (C=O) groups is 2. The van der Waals surface area contributed by atoms with E-state index in [1.165, 1.54) is 0 Å². The number of rotatable bonds is 7. The fourth-order valence-corrected chi connectivity index (χ4v) is 1.22. The Morgan fingerprint density at radius 1 is 1.28 bits per heavy atom. The van der Waals surface area contributed by atoms with Gasteiger partial charge in [0.2, 0.25) is 0 Å². The molecule has 0 saturated carbocycles. The molecule has 0 aromatic rings. The molecule has 0 fully saturated rings. The van der Waals surface area contributed by atoms with E-state index in [-0.39, 0.29) is 0 Å². The lowest BCUT2D eigenvalue weighted by molar-refractivity contribution is -0.142. The van der Waals surface area contributed by atoms with Gasteiger partial charge in [-0.25, -0.2) is 4.79 Å². The Labute approximate surface area is 106 Å². The SMILES string of the molecule is CC(C)(C)OC(=O)NCCCC[C@H](NO)C(=O)O. The predicted octanol–water partition coefficient (Wildman–Crippen LogP) is 1.11. The van der Waals surface area contributed by atoms with Gasteiger partial charge in [0, 0.05) is 6.54 Å². The second-order valence-corrected chi connectivity index (χ2v) is 4.94. The molecule has 4 N–H and O–H groups in total. The summed E-state index contributed by atoms with van der Waals surface area (Å²) in [6, 6.07) is -0.966. The van der Waals surface area contributed by atoms with Gasteiger partial charge in [-0.3, -0.25) is 4.79 Å². The minimum atomic E-state index is -1.10. The molecule has 7 nitrogen and oxygen atoms in total. The number of amides is 1. The van der Waals surface area contributed by atoms with Gasteiger partial charge in [0.05, 0.1) is 0 Å². The second-order valence-electron chi connectivity index (χ2n) is 4.94. The van der Waals surface area contributed by atoms with Crippen molar-refractivity contribution in [3.8, 4) is 0 Å². The molecule has 1 atom stereocenters. The highest BCUT2D eigenvalue weighted by molar-refractivity contribution is 5.73. The molecule has 0 heterocycles. The van der Waals surface area contributed by atoms with Crippen LogP contribution in [0.3, 0.4) is 0 Å². The summed E-state index contributed by atoms with van der Waals surface area (Å²) in [5, 5.41) is 19.8. The number of ether oxygens (including phenoxy) is 1. The van der Waals surface area contributed by atoms with Gasteiger partial charge in [-0.15, -0.1) is 0 Å². The first-order valence-corrected chi connectivity index (χ1v) is 5.85. The summed E-state index contributed by atoms with van der Waals surface area (Å²) in [6.07, 6.45) is 0.991. The Kier molecular flexibility index (Phi) is 7.30. The van der Waals surface area contributed by atoms with E-state index in [1.54, 1.807) is 26.3 Å². The summed E-state index contributed by atoms with van der Waals surface area (Å²) in [7, 11) is 0. The summed E-state index contributed by atoms with van der Waals surface area (Å²) in [6.45, 7) is 5.73. The van der Waals surface area contributed by atoms with Crippen LogP contribution in [-0.4, -0.2) is 40.6 Å². The van der Waals surface area contributed by atoms with Crippen molar-refractivity contribution < 1.29 is 24.6 Å². The topological polar surface area (TPSA) is 108 Å². The smallest absolute Gasteiger partial charge is 0.407 e. The zero-order valence-electron chi connectivity index (χ0n) is 11.0. The lowest BCUT2D eigenvalue weighted by Crippen LogP contribution is -2.35. The van der Waals surface area contributed by atoms with Crippen LogP contribution < -0.4 is 10.8 Å². The Morgan fingerprint density at radius 3 is 2.33 bits per heavy atom. The average Bonchev–Trinajstić information content (AvgIpc) is 2.20. The molecule has 0 aliphatic carbocycles. The Bertz CT molecular complexity index is 275. The van der Waals surface area contributed by atoms with Gasteiger partial charge < -0.3 is 20.4 Å². The molecule has 0 saturated heterocycles. The zero-order chi connectivity index (χ0) is 14.2. The number of hydrogen-bond acceptors (Lipinski definition) is 5. The summed E-state index contributed by atoms with van der Waals surface area (Å²) in [4.78, 5) is 21.8. The standard InChI is InChI=1S/C11H22N2O5/c1-11(2,3)18-10(16)12-7-5-4-6-8(13-17)9(14)15/h8,13,17H,4-7H2,1-3H3,(H,12,16)(H,14,15)/t8-/m0/s1. The van der Waals surface area contributed by atoms with Crippen LogP contribution in [0.25, 0.3) is 0 Å². The normalized spacial score (nSPS) is 12.9. The number of hydrogen-bond donors (Lipinski definition) is 4. The second kappa shape index (κ2) is 7.88. The average molecular weight is 262 g/mol. The number of nitrogens with one attached hydrogen (secondary N) is 2. The molecular weight excluding hydrogens is 240 g/mol. The molecule has 18 heavy (non-hydrogen) atoms. The molecule has 0 aliphatic heterocycles. The fourth-order valence-electron chi connectivity index (χ4n) is 1.22. The number of carboxylic acids is 1. The first kappa shape index (κ1) is 16.7. The minimum Gasteiger partial charge on any atom is -0.480 e. The van der Waals surface area contributed by atoms with E-state index in [9.17, 15) is 9.59 Å². The van der Waals surface area contributed by atoms with E-state index < -0.39 is 23.7 Å². The highest BCUT2D eigenvalue weighted by Gasteiger charge is 2.16. The molecule has 0 rings (SSSR count). The lowest BCUT2D eigenvalue weighted by Gasteiger charge is -2.19. The minimum absolute atomic E-state index is 0.293. The van der Waals surface area contributed by atoms with Crippen molar-refractivity contribution >= 4 is 12.1 Å².